The normalized spacial score (nSPS) is 10.2. The standard InChI is InChI=1S/C17H19NO2/c1-12-8-13(2)10-15(9-12)18-17(19)11-20-16-7-5-4-6-14(16)3/h4-10H,11H2,1-3H3,(H,18,19). The average Bonchev–Trinajstić information content (AvgIpc) is 2.36. The van der Waals surface area contributed by atoms with Crippen LogP contribution in [0.5, 0.6) is 5.75 Å². The van der Waals surface area contributed by atoms with E-state index >= 15 is 0 Å². The van der Waals surface area contributed by atoms with Crippen molar-refractivity contribution < 1.29 is 9.53 Å². The van der Waals surface area contributed by atoms with Gasteiger partial charge < -0.3 is 10.1 Å². The topological polar surface area (TPSA) is 38.3 Å². The molecule has 0 aliphatic heterocycles. The van der Waals surface area contributed by atoms with Crippen molar-refractivity contribution in [3.05, 3.63) is 59.2 Å². The largest absolute Gasteiger partial charge is 0.483 e. The zero-order valence-corrected chi connectivity index (χ0v) is 12.1. The summed E-state index contributed by atoms with van der Waals surface area (Å²) in [7, 11) is 0. The second kappa shape index (κ2) is 6.24. The van der Waals surface area contributed by atoms with E-state index in [9.17, 15) is 4.79 Å². The van der Waals surface area contributed by atoms with Crippen LogP contribution < -0.4 is 10.1 Å². The molecule has 0 bridgehead atoms. The molecule has 0 atom stereocenters. The molecular weight excluding hydrogens is 250 g/mol. The van der Waals surface area contributed by atoms with Gasteiger partial charge in [0, 0.05) is 5.69 Å². The van der Waals surface area contributed by atoms with Gasteiger partial charge in [-0.25, -0.2) is 0 Å². The number of benzene rings is 2. The molecule has 0 saturated heterocycles. The molecule has 0 saturated carbocycles. The van der Waals surface area contributed by atoms with Crippen LogP contribution >= 0.6 is 0 Å². The summed E-state index contributed by atoms with van der Waals surface area (Å²) in [5.41, 5.74) is 4.08. The van der Waals surface area contributed by atoms with E-state index in [2.05, 4.69) is 11.4 Å². The SMILES string of the molecule is Cc1cc(C)cc(NC(=O)COc2ccccc2C)c1. The number of nitrogens with one attached hydrogen (secondary N) is 1. The predicted octanol–water partition coefficient (Wildman–Crippen LogP) is 3.63. The molecule has 0 spiro atoms. The van der Waals surface area contributed by atoms with Crippen molar-refractivity contribution in [3.8, 4) is 5.75 Å². The predicted molar refractivity (Wildman–Crippen MR) is 81.2 cm³/mol. The highest BCUT2D eigenvalue weighted by atomic mass is 16.5. The van der Waals surface area contributed by atoms with Gasteiger partial charge in [-0.15, -0.1) is 0 Å². The van der Waals surface area contributed by atoms with Gasteiger partial charge in [0.1, 0.15) is 5.75 Å². The number of anilines is 1. The molecule has 2 rings (SSSR count). The van der Waals surface area contributed by atoms with Crippen LogP contribution in [0.3, 0.4) is 0 Å². The van der Waals surface area contributed by atoms with Crippen LogP contribution in [0.15, 0.2) is 42.5 Å². The van der Waals surface area contributed by atoms with E-state index in [1.165, 1.54) is 0 Å². The second-order valence-corrected chi connectivity index (χ2v) is 4.98. The number of para-hydroxylation sites is 1. The number of amides is 1. The minimum absolute atomic E-state index is 0.0117. The van der Waals surface area contributed by atoms with Gasteiger partial charge in [-0.2, -0.15) is 0 Å². The molecule has 104 valence electrons. The highest BCUT2D eigenvalue weighted by Crippen LogP contribution is 2.17. The van der Waals surface area contributed by atoms with Crippen molar-refractivity contribution in [3.63, 3.8) is 0 Å². The minimum Gasteiger partial charge on any atom is -0.483 e. The number of carbonyl (C=O) groups excluding carboxylic acids is 1. The fourth-order valence-corrected chi connectivity index (χ4v) is 2.11. The molecule has 0 radical (unpaired) electrons. The van der Waals surface area contributed by atoms with Gasteiger partial charge in [-0.1, -0.05) is 24.3 Å². The van der Waals surface area contributed by atoms with Crippen molar-refractivity contribution in [2.24, 2.45) is 0 Å². The molecule has 0 aliphatic rings. The highest BCUT2D eigenvalue weighted by Gasteiger charge is 2.05. The Morgan fingerprint density at radius 3 is 2.35 bits per heavy atom. The molecule has 20 heavy (non-hydrogen) atoms. The number of hydrogen-bond donors (Lipinski definition) is 1. The van der Waals surface area contributed by atoms with Crippen LogP contribution in [0.1, 0.15) is 16.7 Å². The molecule has 0 aliphatic carbocycles. The molecule has 2 aromatic rings. The summed E-state index contributed by atoms with van der Waals surface area (Å²) < 4.78 is 5.52. The van der Waals surface area contributed by atoms with Crippen molar-refractivity contribution in [2.75, 3.05) is 11.9 Å². The highest BCUT2D eigenvalue weighted by molar-refractivity contribution is 5.92. The molecule has 1 amide bonds. The zero-order chi connectivity index (χ0) is 14.5. The summed E-state index contributed by atoms with van der Waals surface area (Å²) >= 11 is 0. The Morgan fingerprint density at radius 1 is 1.05 bits per heavy atom. The van der Waals surface area contributed by atoms with Crippen molar-refractivity contribution in [1.29, 1.82) is 0 Å². The number of aryl methyl sites for hydroxylation is 3. The molecule has 2 aromatic carbocycles. The first kappa shape index (κ1) is 14.1. The summed E-state index contributed by atoms with van der Waals surface area (Å²) in [5, 5.41) is 2.85. The Kier molecular flexibility index (Phi) is 4.41. The molecule has 0 fully saturated rings. The van der Waals surface area contributed by atoms with Gasteiger partial charge in [0.2, 0.25) is 0 Å². The molecule has 0 unspecified atom stereocenters. The van der Waals surface area contributed by atoms with E-state index in [4.69, 9.17) is 4.74 Å². The number of carbonyl (C=O) groups is 1. The van der Waals surface area contributed by atoms with Gasteiger partial charge in [0.25, 0.3) is 5.91 Å². The first-order valence-corrected chi connectivity index (χ1v) is 6.61. The lowest BCUT2D eigenvalue weighted by molar-refractivity contribution is -0.118. The Bertz CT molecular complexity index is 600. The summed E-state index contributed by atoms with van der Waals surface area (Å²) in [6.07, 6.45) is 0. The maximum atomic E-state index is 11.9. The van der Waals surface area contributed by atoms with Crippen LogP contribution in [-0.4, -0.2) is 12.5 Å². The quantitative estimate of drug-likeness (QED) is 0.920. The average molecular weight is 269 g/mol. The zero-order valence-electron chi connectivity index (χ0n) is 12.1. The third kappa shape index (κ3) is 3.85. The fourth-order valence-electron chi connectivity index (χ4n) is 2.11. The lowest BCUT2D eigenvalue weighted by Crippen LogP contribution is -2.20. The summed E-state index contributed by atoms with van der Waals surface area (Å²) in [6.45, 7) is 5.98. The molecule has 0 heterocycles. The smallest absolute Gasteiger partial charge is 0.262 e. The second-order valence-electron chi connectivity index (χ2n) is 4.98. The lowest BCUT2D eigenvalue weighted by atomic mass is 10.1. The Hall–Kier alpha value is -2.29. The van der Waals surface area contributed by atoms with Crippen LogP contribution in [-0.2, 0) is 4.79 Å². The van der Waals surface area contributed by atoms with Crippen molar-refractivity contribution in [2.45, 2.75) is 20.8 Å². The van der Waals surface area contributed by atoms with E-state index < -0.39 is 0 Å². The van der Waals surface area contributed by atoms with E-state index in [1.807, 2.05) is 57.2 Å². The van der Waals surface area contributed by atoms with E-state index in [0.717, 1.165) is 28.1 Å². The third-order valence-electron chi connectivity index (χ3n) is 2.96. The maximum Gasteiger partial charge on any atom is 0.262 e. The Balaban J connectivity index is 1.94. The van der Waals surface area contributed by atoms with Gasteiger partial charge in [-0.05, 0) is 55.7 Å². The van der Waals surface area contributed by atoms with E-state index in [0.29, 0.717) is 0 Å². The van der Waals surface area contributed by atoms with Gasteiger partial charge in [0.15, 0.2) is 6.61 Å². The van der Waals surface area contributed by atoms with Crippen LogP contribution in [0, 0.1) is 20.8 Å². The van der Waals surface area contributed by atoms with Gasteiger partial charge in [-0.3, -0.25) is 4.79 Å². The summed E-state index contributed by atoms with van der Waals surface area (Å²) in [4.78, 5) is 11.9. The van der Waals surface area contributed by atoms with E-state index in [-0.39, 0.29) is 12.5 Å². The third-order valence-corrected chi connectivity index (χ3v) is 2.96. The molecule has 3 heteroatoms. The Morgan fingerprint density at radius 2 is 1.70 bits per heavy atom. The molecule has 1 N–H and O–H groups in total. The van der Waals surface area contributed by atoms with Crippen LogP contribution in [0.4, 0.5) is 5.69 Å². The Labute approximate surface area is 119 Å². The van der Waals surface area contributed by atoms with Crippen LogP contribution in [0.2, 0.25) is 0 Å². The monoisotopic (exact) mass is 269 g/mol. The van der Waals surface area contributed by atoms with Gasteiger partial charge >= 0.3 is 0 Å². The fraction of sp³-hybridized carbons (Fsp3) is 0.235. The lowest BCUT2D eigenvalue weighted by Gasteiger charge is -2.10. The number of rotatable bonds is 4. The van der Waals surface area contributed by atoms with Crippen molar-refractivity contribution in [1.82, 2.24) is 0 Å². The summed E-state index contributed by atoms with van der Waals surface area (Å²) in [6, 6.07) is 13.6. The van der Waals surface area contributed by atoms with Crippen LogP contribution in [0.25, 0.3) is 0 Å². The number of hydrogen-bond acceptors (Lipinski definition) is 2. The van der Waals surface area contributed by atoms with Gasteiger partial charge in [0.05, 0.1) is 0 Å². The molecule has 3 nitrogen and oxygen atoms in total. The minimum atomic E-state index is -0.154. The molecular formula is C17H19NO2. The first-order chi connectivity index (χ1) is 9.54. The number of ether oxygens (including phenoxy) is 1. The van der Waals surface area contributed by atoms with Crippen molar-refractivity contribution >= 4 is 11.6 Å². The first-order valence-electron chi connectivity index (χ1n) is 6.61. The van der Waals surface area contributed by atoms with E-state index in [1.54, 1.807) is 0 Å². The summed E-state index contributed by atoms with van der Waals surface area (Å²) in [5.74, 6) is 0.585. The maximum absolute atomic E-state index is 11.9. The molecule has 0 aromatic heterocycles.